The zero-order valence-corrected chi connectivity index (χ0v) is 12.2. The first kappa shape index (κ1) is 16.3. The van der Waals surface area contributed by atoms with Gasteiger partial charge in [0, 0.05) is 12.2 Å². The molecule has 0 aliphatic heterocycles. The van der Waals surface area contributed by atoms with Gasteiger partial charge in [-0.3, -0.25) is 0 Å². The van der Waals surface area contributed by atoms with Crippen LogP contribution in [0.4, 0.5) is 0 Å². The fourth-order valence-electron chi connectivity index (χ4n) is 1.78. The molecule has 0 aliphatic carbocycles. The minimum Gasteiger partial charge on any atom is -0.366 e. The lowest BCUT2D eigenvalue weighted by Gasteiger charge is -2.11. The molecule has 0 amide bonds. The number of hydrogen-bond acceptors (Lipinski definition) is 1. The highest BCUT2D eigenvalue weighted by Crippen LogP contribution is 2.07. The highest BCUT2D eigenvalue weighted by molar-refractivity contribution is 5.34. The molecule has 106 valence electrons. The molecule has 0 saturated heterocycles. The molecule has 0 heterocycles. The third-order valence-corrected chi connectivity index (χ3v) is 2.90. The molecule has 0 saturated carbocycles. The molecule has 0 N–H and O–H groups in total. The van der Waals surface area contributed by atoms with Gasteiger partial charge in [0.05, 0.1) is 0 Å². The predicted octanol–water partition coefficient (Wildman–Crippen LogP) is 4.75. The van der Waals surface area contributed by atoms with Crippen LogP contribution < -0.4 is 0 Å². The highest BCUT2D eigenvalue weighted by Gasteiger charge is 2.04. The van der Waals surface area contributed by atoms with Gasteiger partial charge in [0.2, 0.25) is 0 Å². The van der Waals surface area contributed by atoms with Crippen LogP contribution in [0.15, 0.2) is 55.6 Å². The van der Waals surface area contributed by atoms with Crippen LogP contribution in [0, 0.1) is 11.8 Å². The second-order valence-corrected chi connectivity index (χ2v) is 4.65. The zero-order valence-electron chi connectivity index (χ0n) is 12.2. The van der Waals surface area contributed by atoms with Crippen molar-refractivity contribution >= 4 is 0 Å². The monoisotopic (exact) mass is 268 g/mol. The van der Waals surface area contributed by atoms with Crippen molar-refractivity contribution in [1.82, 2.24) is 0 Å². The van der Waals surface area contributed by atoms with Crippen LogP contribution in [-0.4, -0.2) is 12.7 Å². The van der Waals surface area contributed by atoms with Gasteiger partial charge in [-0.1, -0.05) is 42.2 Å². The van der Waals surface area contributed by atoms with E-state index in [1.165, 1.54) is 0 Å². The fourth-order valence-corrected chi connectivity index (χ4v) is 1.78. The Morgan fingerprint density at radius 3 is 2.45 bits per heavy atom. The van der Waals surface area contributed by atoms with E-state index in [9.17, 15) is 0 Å². The van der Waals surface area contributed by atoms with E-state index in [1.54, 1.807) is 0 Å². The topological polar surface area (TPSA) is 9.23 Å². The maximum absolute atomic E-state index is 5.86. The standard InChI is InChI=1S/C19H24O/c1-3-5-8-14-19(20-17-11-6-4-2)16-15-18-12-9-7-10-13-18/h3-4,7,9-10,12-13,19H,1-2,5-6,8,11,14,17H2. The lowest BCUT2D eigenvalue weighted by Crippen LogP contribution is -2.11. The lowest BCUT2D eigenvalue weighted by atomic mass is 10.1. The average Bonchev–Trinajstić information content (AvgIpc) is 2.49. The van der Waals surface area contributed by atoms with Gasteiger partial charge in [-0.25, -0.2) is 0 Å². The summed E-state index contributed by atoms with van der Waals surface area (Å²) >= 11 is 0. The van der Waals surface area contributed by atoms with E-state index in [-0.39, 0.29) is 6.10 Å². The van der Waals surface area contributed by atoms with Crippen molar-refractivity contribution in [3.05, 3.63) is 61.2 Å². The summed E-state index contributed by atoms with van der Waals surface area (Å²) < 4.78 is 5.86. The minimum atomic E-state index is 0.0139. The Bertz CT molecular complexity index is 436. The van der Waals surface area contributed by atoms with Crippen molar-refractivity contribution in [1.29, 1.82) is 0 Å². The Labute approximate surface area is 123 Å². The first-order valence-electron chi connectivity index (χ1n) is 7.26. The normalized spacial score (nSPS) is 11.2. The van der Waals surface area contributed by atoms with Crippen molar-refractivity contribution < 1.29 is 4.74 Å². The van der Waals surface area contributed by atoms with Crippen molar-refractivity contribution in [2.75, 3.05) is 6.61 Å². The molecule has 0 aromatic heterocycles. The number of benzene rings is 1. The van der Waals surface area contributed by atoms with Gasteiger partial charge in [0.15, 0.2) is 0 Å². The molecule has 1 atom stereocenters. The molecule has 1 rings (SSSR count). The van der Waals surface area contributed by atoms with E-state index in [0.717, 1.165) is 44.3 Å². The Morgan fingerprint density at radius 2 is 1.75 bits per heavy atom. The molecule has 0 bridgehead atoms. The van der Waals surface area contributed by atoms with E-state index in [4.69, 9.17) is 4.74 Å². The molecule has 1 heteroatoms. The van der Waals surface area contributed by atoms with Crippen molar-refractivity contribution in [3.63, 3.8) is 0 Å². The minimum absolute atomic E-state index is 0.0139. The van der Waals surface area contributed by atoms with E-state index >= 15 is 0 Å². The molecule has 1 nitrogen and oxygen atoms in total. The first-order valence-corrected chi connectivity index (χ1v) is 7.26. The molecule has 0 spiro atoms. The van der Waals surface area contributed by atoms with Gasteiger partial charge >= 0.3 is 0 Å². The van der Waals surface area contributed by atoms with Gasteiger partial charge in [0.25, 0.3) is 0 Å². The van der Waals surface area contributed by atoms with Gasteiger partial charge in [-0.15, -0.1) is 13.2 Å². The van der Waals surface area contributed by atoms with Crippen LogP contribution in [0.2, 0.25) is 0 Å². The predicted molar refractivity (Wildman–Crippen MR) is 86.5 cm³/mol. The highest BCUT2D eigenvalue weighted by atomic mass is 16.5. The fraction of sp³-hybridized carbons (Fsp3) is 0.368. The maximum atomic E-state index is 5.86. The quantitative estimate of drug-likeness (QED) is 0.357. The Hall–Kier alpha value is -1.78. The third kappa shape index (κ3) is 7.61. The van der Waals surface area contributed by atoms with Crippen LogP contribution in [-0.2, 0) is 4.74 Å². The van der Waals surface area contributed by atoms with Gasteiger partial charge in [0.1, 0.15) is 6.10 Å². The summed E-state index contributed by atoms with van der Waals surface area (Å²) in [6.07, 6.45) is 8.92. The van der Waals surface area contributed by atoms with Gasteiger partial charge in [-0.05, 0) is 44.2 Å². The second kappa shape index (κ2) is 11.1. The van der Waals surface area contributed by atoms with Crippen molar-refractivity contribution in [3.8, 4) is 11.8 Å². The van der Waals surface area contributed by atoms with E-state index in [0.29, 0.717) is 0 Å². The SMILES string of the molecule is C=CCCCOC(C#Cc1ccccc1)CCCC=C. The summed E-state index contributed by atoms with van der Waals surface area (Å²) in [5.74, 6) is 6.43. The number of hydrogen-bond donors (Lipinski definition) is 0. The maximum Gasteiger partial charge on any atom is 0.118 e. The number of unbranched alkanes of at least 4 members (excludes halogenated alkanes) is 2. The average molecular weight is 268 g/mol. The molecule has 1 aromatic carbocycles. The van der Waals surface area contributed by atoms with Crippen LogP contribution in [0.25, 0.3) is 0 Å². The molecular formula is C19H24O. The summed E-state index contributed by atoms with van der Waals surface area (Å²) in [5, 5.41) is 0. The summed E-state index contributed by atoms with van der Waals surface area (Å²) in [6, 6.07) is 10.0. The Kier molecular flexibility index (Phi) is 9.02. The first-order chi connectivity index (χ1) is 9.86. The van der Waals surface area contributed by atoms with Gasteiger partial charge in [-0.2, -0.15) is 0 Å². The Balaban J connectivity index is 2.50. The summed E-state index contributed by atoms with van der Waals surface area (Å²) in [6.45, 7) is 8.21. The van der Waals surface area contributed by atoms with Crippen LogP contribution in [0.1, 0.15) is 37.7 Å². The van der Waals surface area contributed by atoms with Crippen molar-refractivity contribution in [2.45, 2.75) is 38.2 Å². The van der Waals surface area contributed by atoms with Gasteiger partial charge < -0.3 is 4.74 Å². The van der Waals surface area contributed by atoms with Crippen molar-refractivity contribution in [2.24, 2.45) is 0 Å². The van der Waals surface area contributed by atoms with E-state index in [2.05, 4.69) is 25.0 Å². The van der Waals surface area contributed by atoms with E-state index in [1.807, 2.05) is 42.5 Å². The number of ether oxygens (including phenoxy) is 1. The van der Waals surface area contributed by atoms with Crippen LogP contribution >= 0.6 is 0 Å². The molecule has 20 heavy (non-hydrogen) atoms. The summed E-state index contributed by atoms with van der Waals surface area (Å²) in [7, 11) is 0. The smallest absolute Gasteiger partial charge is 0.118 e. The molecule has 1 aromatic rings. The molecular weight excluding hydrogens is 244 g/mol. The molecule has 0 fully saturated rings. The molecule has 0 aliphatic rings. The summed E-state index contributed by atoms with van der Waals surface area (Å²) in [4.78, 5) is 0. The summed E-state index contributed by atoms with van der Waals surface area (Å²) in [5.41, 5.74) is 1.04. The second-order valence-electron chi connectivity index (χ2n) is 4.65. The molecule has 1 unspecified atom stereocenters. The van der Waals surface area contributed by atoms with E-state index < -0.39 is 0 Å². The van der Waals surface area contributed by atoms with Crippen LogP contribution in [0.5, 0.6) is 0 Å². The van der Waals surface area contributed by atoms with Crippen LogP contribution in [0.3, 0.4) is 0 Å². The lowest BCUT2D eigenvalue weighted by molar-refractivity contribution is 0.0831. The third-order valence-electron chi connectivity index (χ3n) is 2.90. The molecule has 0 radical (unpaired) electrons. The number of allylic oxidation sites excluding steroid dienone is 2. The Morgan fingerprint density at radius 1 is 1.05 bits per heavy atom. The zero-order chi connectivity index (χ0) is 14.5. The largest absolute Gasteiger partial charge is 0.366 e. The number of rotatable bonds is 9.